The third-order valence-electron chi connectivity index (χ3n) is 2.40. The van der Waals surface area contributed by atoms with Crippen LogP contribution in [-0.4, -0.2) is 5.91 Å². The van der Waals surface area contributed by atoms with Crippen molar-refractivity contribution < 1.29 is 9.21 Å². The molecule has 100 valence electrons. The van der Waals surface area contributed by atoms with Crippen molar-refractivity contribution in [3.05, 3.63) is 46.9 Å². The Bertz CT molecular complexity index is 600. The number of carbonyl (C=O) groups is 1. The van der Waals surface area contributed by atoms with Crippen molar-refractivity contribution in [1.82, 2.24) is 5.43 Å². The summed E-state index contributed by atoms with van der Waals surface area (Å²) in [4.78, 5) is 12.2. The van der Waals surface area contributed by atoms with Gasteiger partial charge in [-0.2, -0.15) is 0 Å². The predicted molar refractivity (Wildman–Crippen MR) is 75.8 cm³/mol. The fourth-order valence-corrected chi connectivity index (χ4v) is 2.48. The summed E-state index contributed by atoms with van der Waals surface area (Å²) in [5, 5.41) is 0.521. The molecule has 5 N–H and O–H groups in total. The van der Waals surface area contributed by atoms with E-state index in [-0.39, 0.29) is 5.91 Å². The number of halogens is 1. The van der Waals surface area contributed by atoms with Crippen LogP contribution in [0.2, 0.25) is 5.02 Å². The monoisotopic (exact) mass is 297 g/mol. The number of nitrogens with two attached hydrogens (primary N) is 2. The van der Waals surface area contributed by atoms with Gasteiger partial charge in [-0.3, -0.25) is 10.2 Å². The molecule has 2 aromatic rings. The smallest absolute Gasteiger partial charge is 0.268 e. The van der Waals surface area contributed by atoms with Crippen LogP contribution < -0.4 is 17.0 Å². The molecule has 19 heavy (non-hydrogen) atoms. The van der Waals surface area contributed by atoms with Gasteiger partial charge in [0.05, 0.1) is 22.0 Å². The molecule has 0 fully saturated rings. The first-order valence-corrected chi connectivity index (χ1v) is 6.72. The Morgan fingerprint density at radius 3 is 2.89 bits per heavy atom. The van der Waals surface area contributed by atoms with Gasteiger partial charge in [0.2, 0.25) is 0 Å². The van der Waals surface area contributed by atoms with E-state index in [4.69, 9.17) is 27.6 Å². The SMILES string of the molecule is NNC(=O)c1coc(CSc2ccc(N)c(Cl)c2)c1. The van der Waals surface area contributed by atoms with Gasteiger partial charge in [-0.15, -0.1) is 11.8 Å². The van der Waals surface area contributed by atoms with E-state index in [9.17, 15) is 4.79 Å². The molecule has 0 spiro atoms. The first kappa shape index (κ1) is 13.8. The van der Waals surface area contributed by atoms with Gasteiger partial charge in [0.25, 0.3) is 5.91 Å². The summed E-state index contributed by atoms with van der Waals surface area (Å²) in [5.74, 6) is 5.92. The highest BCUT2D eigenvalue weighted by molar-refractivity contribution is 7.98. The number of hydrazine groups is 1. The Labute approximate surface area is 119 Å². The largest absolute Gasteiger partial charge is 0.468 e. The molecule has 0 aliphatic rings. The molecular weight excluding hydrogens is 286 g/mol. The Hall–Kier alpha value is -1.63. The van der Waals surface area contributed by atoms with Gasteiger partial charge in [0, 0.05) is 4.90 Å². The van der Waals surface area contributed by atoms with E-state index in [2.05, 4.69) is 0 Å². The third-order valence-corrected chi connectivity index (χ3v) is 3.74. The van der Waals surface area contributed by atoms with Crippen LogP contribution in [0.1, 0.15) is 16.1 Å². The molecule has 2 rings (SSSR count). The van der Waals surface area contributed by atoms with E-state index >= 15 is 0 Å². The molecule has 1 amide bonds. The minimum Gasteiger partial charge on any atom is -0.468 e. The molecular formula is C12H12ClN3O2S. The number of amides is 1. The molecule has 1 aromatic heterocycles. The maximum atomic E-state index is 11.2. The normalized spacial score (nSPS) is 10.4. The molecule has 5 nitrogen and oxygen atoms in total. The second-order valence-electron chi connectivity index (χ2n) is 3.75. The lowest BCUT2D eigenvalue weighted by Crippen LogP contribution is -2.29. The predicted octanol–water partition coefficient (Wildman–Crippen LogP) is 2.41. The number of thioether (sulfide) groups is 1. The van der Waals surface area contributed by atoms with Crippen molar-refractivity contribution in [3.8, 4) is 0 Å². The first-order valence-electron chi connectivity index (χ1n) is 5.36. The number of furan rings is 1. The standard InChI is InChI=1S/C12H12ClN3O2S/c13-10-4-9(1-2-11(10)14)19-6-8-3-7(5-18-8)12(17)16-15/h1-5H,6,14-15H2,(H,16,17). The van der Waals surface area contributed by atoms with Gasteiger partial charge >= 0.3 is 0 Å². The number of nitrogen functional groups attached to an aromatic ring is 2. The van der Waals surface area contributed by atoms with Crippen molar-refractivity contribution in [3.63, 3.8) is 0 Å². The van der Waals surface area contributed by atoms with Crippen LogP contribution in [-0.2, 0) is 5.75 Å². The van der Waals surface area contributed by atoms with Gasteiger partial charge in [-0.1, -0.05) is 11.6 Å². The van der Waals surface area contributed by atoms with Crippen LogP contribution in [0.15, 0.2) is 39.8 Å². The van der Waals surface area contributed by atoms with E-state index in [0.717, 1.165) is 4.90 Å². The summed E-state index contributed by atoms with van der Waals surface area (Å²) in [6, 6.07) is 7.06. The minimum absolute atomic E-state index is 0.379. The highest BCUT2D eigenvalue weighted by Gasteiger charge is 2.09. The molecule has 7 heteroatoms. The van der Waals surface area contributed by atoms with Crippen LogP contribution in [0, 0.1) is 0 Å². The summed E-state index contributed by atoms with van der Waals surface area (Å²) in [6.45, 7) is 0. The number of benzene rings is 1. The minimum atomic E-state index is -0.379. The van der Waals surface area contributed by atoms with E-state index in [1.54, 1.807) is 18.2 Å². The van der Waals surface area contributed by atoms with Crippen LogP contribution in [0.5, 0.6) is 0 Å². The lowest BCUT2D eigenvalue weighted by molar-refractivity contribution is 0.0953. The molecule has 0 aliphatic carbocycles. The van der Waals surface area contributed by atoms with Crippen LogP contribution in [0.4, 0.5) is 5.69 Å². The van der Waals surface area contributed by atoms with Crippen LogP contribution in [0.25, 0.3) is 0 Å². The Balaban J connectivity index is 2.00. The fourth-order valence-electron chi connectivity index (χ4n) is 1.41. The van der Waals surface area contributed by atoms with Gasteiger partial charge in [0.1, 0.15) is 12.0 Å². The highest BCUT2D eigenvalue weighted by Crippen LogP contribution is 2.28. The van der Waals surface area contributed by atoms with Crippen molar-refractivity contribution >= 4 is 35.0 Å². The Kier molecular flexibility index (Phi) is 4.36. The molecule has 1 aromatic carbocycles. The number of carbonyl (C=O) groups excluding carboxylic acids is 1. The summed E-state index contributed by atoms with van der Waals surface area (Å²) in [7, 11) is 0. The molecule has 0 bridgehead atoms. The number of anilines is 1. The van der Waals surface area contributed by atoms with E-state index in [1.165, 1.54) is 18.0 Å². The lowest BCUT2D eigenvalue weighted by Gasteiger charge is -2.02. The Morgan fingerprint density at radius 1 is 1.42 bits per heavy atom. The zero-order valence-electron chi connectivity index (χ0n) is 9.85. The molecule has 0 unspecified atom stereocenters. The fraction of sp³-hybridized carbons (Fsp3) is 0.0833. The zero-order valence-corrected chi connectivity index (χ0v) is 11.4. The second-order valence-corrected chi connectivity index (χ2v) is 5.20. The molecule has 0 radical (unpaired) electrons. The number of nitrogens with one attached hydrogen (secondary N) is 1. The van der Waals surface area contributed by atoms with Crippen LogP contribution >= 0.6 is 23.4 Å². The van der Waals surface area contributed by atoms with Gasteiger partial charge < -0.3 is 10.2 Å². The van der Waals surface area contributed by atoms with Gasteiger partial charge in [-0.05, 0) is 24.3 Å². The second kappa shape index (κ2) is 6.01. The first-order chi connectivity index (χ1) is 9.10. The molecule has 0 atom stereocenters. The summed E-state index contributed by atoms with van der Waals surface area (Å²) >= 11 is 7.46. The van der Waals surface area contributed by atoms with Gasteiger partial charge in [0.15, 0.2) is 0 Å². The van der Waals surface area contributed by atoms with E-state index in [0.29, 0.717) is 27.8 Å². The molecule has 0 saturated carbocycles. The maximum absolute atomic E-state index is 11.2. The zero-order chi connectivity index (χ0) is 13.8. The molecule has 1 heterocycles. The maximum Gasteiger partial charge on any atom is 0.268 e. The topological polar surface area (TPSA) is 94.3 Å². The summed E-state index contributed by atoms with van der Waals surface area (Å²) in [5.41, 5.74) is 8.62. The number of hydrogen-bond donors (Lipinski definition) is 3. The van der Waals surface area contributed by atoms with E-state index in [1.807, 2.05) is 11.5 Å². The average molecular weight is 298 g/mol. The summed E-state index contributed by atoms with van der Waals surface area (Å²) < 4.78 is 5.27. The van der Waals surface area contributed by atoms with Crippen molar-refractivity contribution in [2.24, 2.45) is 5.84 Å². The number of rotatable bonds is 4. The number of hydrogen-bond acceptors (Lipinski definition) is 5. The lowest BCUT2D eigenvalue weighted by atomic mass is 10.3. The molecule has 0 aliphatic heterocycles. The van der Waals surface area contributed by atoms with Crippen molar-refractivity contribution in [2.45, 2.75) is 10.6 Å². The average Bonchev–Trinajstić information content (AvgIpc) is 2.88. The van der Waals surface area contributed by atoms with Crippen molar-refractivity contribution in [1.29, 1.82) is 0 Å². The van der Waals surface area contributed by atoms with Crippen LogP contribution in [0.3, 0.4) is 0 Å². The van der Waals surface area contributed by atoms with Crippen molar-refractivity contribution in [2.75, 3.05) is 5.73 Å². The third kappa shape index (κ3) is 3.44. The quantitative estimate of drug-likeness (QED) is 0.265. The summed E-state index contributed by atoms with van der Waals surface area (Å²) in [6.07, 6.45) is 1.37. The Morgan fingerprint density at radius 2 is 2.21 bits per heavy atom. The highest BCUT2D eigenvalue weighted by atomic mass is 35.5. The molecule has 0 saturated heterocycles. The van der Waals surface area contributed by atoms with Gasteiger partial charge in [-0.25, -0.2) is 5.84 Å². The van der Waals surface area contributed by atoms with E-state index < -0.39 is 0 Å².